The van der Waals surface area contributed by atoms with Crippen molar-refractivity contribution in [3.63, 3.8) is 0 Å². The Labute approximate surface area is 153 Å². The third-order valence-corrected chi connectivity index (χ3v) is 5.09. The number of anilines is 1. The molecule has 1 aliphatic heterocycles. The molecule has 0 amide bonds. The number of benzene rings is 2. The van der Waals surface area contributed by atoms with E-state index in [9.17, 15) is 5.11 Å². The third kappa shape index (κ3) is 3.86. The second kappa shape index (κ2) is 7.43. The number of hydrogen-bond acceptors (Lipinski definition) is 5. The van der Waals surface area contributed by atoms with Gasteiger partial charge in [-0.15, -0.1) is 5.10 Å². The first-order valence-corrected chi connectivity index (χ1v) is 9.19. The first-order chi connectivity index (χ1) is 12.7. The lowest BCUT2D eigenvalue weighted by Gasteiger charge is -2.29. The van der Waals surface area contributed by atoms with E-state index >= 15 is 0 Å². The maximum atomic E-state index is 9.60. The summed E-state index contributed by atoms with van der Waals surface area (Å²) in [7, 11) is 1.91. The molecule has 0 radical (unpaired) electrons. The van der Waals surface area contributed by atoms with Gasteiger partial charge in [-0.1, -0.05) is 23.4 Å². The quantitative estimate of drug-likeness (QED) is 0.739. The number of nitrogens with zero attached hydrogens (tertiary/aromatic N) is 4. The van der Waals surface area contributed by atoms with E-state index in [0.29, 0.717) is 0 Å². The summed E-state index contributed by atoms with van der Waals surface area (Å²) in [4.78, 5) is 2.41. The van der Waals surface area contributed by atoms with Gasteiger partial charge in [-0.3, -0.25) is 4.90 Å². The van der Waals surface area contributed by atoms with Crippen LogP contribution in [0.3, 0.4) is 0 Å². The van der Waals surface area contributed by atoms with E-state index in [1.165, 1.54) is 11.1 Å². The van der Waals surface area contributed by atoms with Crippen molar-refractivity contribution < 1.29 is 5.11 Å². The van der Waals surface area contributed by atoms with Crippen LogP contribution in [0.4, 0.5) is 5.69 Å². The number of hydrogen-bond donors (Lipinski definition) is 2. The zero-order valence-electron chi connectivity index (χ0n) is 15.1. The van der Waals surface area contributed by atoms with Crippen LogP contribution in [0.2, 0.25) is 0 Å². The van der Waals surface area contributed by atoms with Crippen LogP contribution >= 0.6 is 0 Å². The molecule has 136 valence electrons. The van der Waals surface area contributed by atoms with Gasteiger partial charge in [0.1, 0.15) is 5.52 Å². The van der Waals surface area contributed by atoms with Gasteiger partial charge in [0.25, 0.3) is 0 Å². The van der Waals surface area contributed by atoms with Gasteiger partial charge >= 0.3 is 0 Å². The molecule has 0 atom stereocenters. The summed E-state index contributed by atoms with van der Waals surface area (Å²) < 4.78 is 1.80. The minimum Gasteiger partial charge on any atom is -0.393 e. The van der Waals surface area contributed by atoms with E-state index in [0.717, 1.165) is 55.7 Å². The van der Waals surface area contributed by atoms with Crippen molar-refractivity contribution in [1.29, 1.82) is 0 Å². The lowest BCUT2D eigenvalue weighted by Crippen LogP contribution is -2.35. The molecular formula is C20H25N5O. The maximum Gasteiger partial charge on any atom is 0.113 e. The van der Waals surface area contributed by atoms with E-state index in [1.807, 2.05) is 13.1 Å². The summed E-state index contributed by atoms with van der Waals surface area (Å²) >= 11 is 0. The highest BCUT2D eigenvalue weighted by atomic mass is 16.3. The van der Waals surface area contributed by atoms with Crippen LogP contribution in [-0.4, -0.2) is 44.2 Å². The smallest absolute Gasteiger partial charge is 0.113 e. The zero-order valence-corrected chi connectivity index (χ0v) is 15.1. The van der Waals surface area contributed by atoms with Gasteiger partial charge in [0.05, 0.1) is 11.6 Å². The van der Waals surface area contributed by atoms with Crippen molar-refractivity contribution >= 4 is 16.7 Å². The van der Waals surface area contributed by atoms with Crippen molar-refractivity contribution in [2.24, 2.45) is 7.05 Å². The molecule has 2 heterocycles. The molecule has 6 nitrogen and oxygen atoms in total. The number of nitrogens with one attached hydrogen (secondary N) is 1. The number of piperidine rings is 1. The lowest BCUT2D eigenvalue weighted by atomic mass is 10.1. The number of fused-ring (bicyclic) bond motifs is 1. The number of likely N-dealkylation sites (tertiary alicyclic amines) is 1. The Kier molecular flexibility index (Phi) is 4.86. The molecule has 2 aromatic carbocycles. The van der Waals surface area contributed by atoms with Crippen LogP contribution in [0, 0.1) is 0 Å². The van der Waals surface area contributed by atoms with Crippen molar-refractivity contribution in [2.75, 3.05) is 18.4 Å². The predicted molar refractivity (Wildman–Crippen MR) is 103 cm³/mol. The Morgan fingerprint density at radius 1 is 1.08 bits per heavy atom. The zero-order chi connectivity index (χ0) is 17.9. The van der Waals surface area contributed by atoms with Crippen molar-refractivity contribution in [3.8, 4) is 0 Å². The number of rotatable bonds is 5. The normalized spacial score (nSPS) is 16.2. The van der Waals surface area contributed by atoms with E-state index in [2.05, 4.69) is 56.9 Å². The Morgan fingerprint density at radius 3 is 2.58 bits per heavy atom. The van der Waals surface area contributed by atoms with Crippen LogP contribution in [-0.2, 0) is 20.1 Å². The van der Waals surface area contributed by atoms with Gasteiger partial charge in [-0.25, -0.2) is 4.68 Å². The standard InChI is InChI=1S/C20H25N5O/c1-24-20-12-16(4-7-19(20)22-23-24)13-21-17-5-2-15(3-6-17)14-25-10-8-18(26)9-11-25/h2-7,12,18,21,26H,8-11,13-14H2,1H3. The second-order valence-corrected chi connectivity index (χ2v) is 7.09. The molecule has 0 unspecified atom stereocenters. The average Bonchev–Trinajstić information content (AvgIpc) is 3.04. The molecule has 1 aromatic heterocycles. The minimum atomic E-state index is -0.112. The molecule has 6 heteroatoms. The second-order valence-electron chi connectivity index (χ2n) is 7.09. The molecule has 26 heavy (non-hydrogen) atoms. The largest absolute Gasteiger partial charge is 0.393 e. The Balaban J connectivity index is 1.34. The molecule has 1 aliphatic rings. The van der Waals surface area contributed by atoms with Crippen LogP contribution in [0.5, 0.6) is 0 Å². The van der Waals surface area contributed by atoms with E-state index in [4.69, 9.17) is 0 Å². The molecule has 2 N–H and O–H groups in total. The number of aliphatic hydroxyl groups excluding tert-OH is 1. The topological polar surface area (TPSA) is 66.2 Å². The van der Waals surface area contributed by atoms with Gasteiger partial charge in [0.15, 0.2) is 0 Å². The third-order valence-electron chi connectivity index (χ3n) is 5.09. The van der Waals surface area contributed by atoms with Gasteiger partial charge in [-0.05, 0) is 48.2 Å². The fraction of sp³-hybridized carbons (Fsp3) is 0.400. The van der Waals surface area contributed by atoms with Crippen molar-refractivity contribution in [1.82, 2.24) is 19.9 Å². The van der Waals surface area contributed by atoms with Gasteiger partial charge in [0, 0.05) is 38.9 Å². The SMILES string of the molecule is Cn1nnc2ccc(CNc3ccc(CN4CCC(O)CC4)cc3)cc21. The first-order valence-electron chi connectivity index (χ1n) is 9.19. The van der Waals surface area contributed by atoms with Crippen molar-refractivity contribution in [3.05, 3.63) is 53.6 Å². The van der Waals surface area contributed by atoms with E-state index < -0.39 is 0 Å². The predicted octanol–water partition coefficient (Wildman–Crippen LogP) is 2.54. The molecule has 0 bridgehead atoms. The Hall–Kier alpha value is -2.44. The summed E-state index contributed by atoms with van der Waals surface area (Å²) in [5.41, 5.74) is 5.61. The molecule has 1 fully saturated rings. The van der Waals surface area contributed by atoms with Gasteiger partial charge in [0.2, 0.25) is 0 Å². The molecule has 3 aromatic rings. The van der Waals surface area contributed by atoms with Crippen molar-refractivity contribution in [2.45, 2.75) is 32.0 Å². The molecule has 0 saturated carbocycles. The van der Waals surface area contributed by atoms with E-state index in [-0.39, 0.29) is 6.10 Å². The summed E-state index contributed by atoms with van der Waals surface area (Å²) in [6.45, 7) is 3.68. The maximum absolute atomic E-state index is 9.60. The summed E-state index contributed by atoms with van der Waals surface area (Å²) in [6, 6.07) is 14.9. The average molecular weight is 351 g/mol. The first kappa shape index (κ1) is 17.0. The Bertz CT molecular complexity index is 866. The number of aryl methyl sites for hydroxylation is 1. The van der Waals surface area contributed by atoms with Crippen LogP contribution < -0.4 is 5.32 Å². The number of aromatic nitrogens is 3. The monoisotopic (exact) mass is 351 g/mol. The molecule has 4 rings (SSSR count). The molecule has 0 spiro atoms. The van der Waals surface area contributed by atoms with E-state index in [1.54, 1.807) is 4.68 Å². The summed E-state index contributed by atoms with van der Waals surface area (Å²) in [5, 5.41) is 21.2. The number of aliphatic hydroxyl groups is 1. The van der Waals surface area contributed by atoms with Gasteiger partial charge in [-0.2, -0.15) is 0 Å². The van der Waals surface area contributed by atoms with Crippen LogP contribution in [0.15, 0.2) is 42.5 Å². The fourth-order valence-electron chi connectivity index (χ4n) is 3.45. The fourth-order valence-corrected chi connectivity index (χ4v) is 3.45. The molecule has 1 saturated heterocycles. The highest BCUT2D eigenvalue weighted by Gasteiger charge is 2.16. The van der Waals surface area contributed by atoms with Gasteiger partial charge < -0.3 is 10.4 Å². The van der Waals surface area contributed by atoms with Crippen LogP contribution in [0.1, 0.15) is 24.0 Å². The highest BCUT2D eigenvalue weighted by Crippen LogP contribution is 2.17. The van der Waals surface area contributed by atoms with Crippen LogP contribution in [0.25, 0.3) is 11.0 Å². The Morgan fingerprint density at radius 2 is 1.81 bits per heavy atom. The summed E-state index contributed by atoms with van der Waals surface area (Å²) in [6.07, 6.45) is 1.66. The summed E-state index contributed by atoms with van der Waals surface area (Å²) in [5.74, 6) is 0. The molecular weight excluding hydrogens is 326 g/mol. The highest BCUT2D eigenvalue weighted by molar-refractivity contribution is 5.75. The minimum absolute atomic E-state index is 0.112. The molecule has 0 aliphatic carbocycles. The lowest BCUT2D eigenvalue weighted by molar-refractivity contribution is 0.0792.